The zero-order chi connectivity index (χ0) is 23.1. The number of benzene rings is 2. The van der Waals surface area contributed by atoms with Crippen LogP contribution in [0.4, 0.5) is 11.4 Å². The highest BCUT2D eigenvalue weighted by molar-refractivity contribution is 6.04. The molecule has 0 bridgehead atoms. The molecule has 1 amide bonds. The number of carbonyl (C=O) groups excluding carboxylic acids is 1. The average molecular weight is 460 g/mol. The first-order valence-corrected chi connectivity index (χ1v) is 13.3. The molecule has 3 atom stereocenters. The van der Waals surface area contributed by atoms with Crippen molar-refractivity contribution >= 4 is 17.3 Å². The number of amides is 1. The van der Waals surface area contributed by atoms with E-state index in [0.717, 1.165) is 35.7 Å². The van der Waals surface area contributed by atoms with Gasteiger partial charge < -0.3 is 15.0 Å². The lowest BCUT2D eigenvalue weighted by Crippen LogP contribution is -2.38. The Balaban J connectivity index is 1.03. The van der Waals surface area contributed by atoms with E-state index in [1.807, 2.05) is 36.4 Å². The van der Waals surface area contributed by atoms with E-state index in [2.05, 4.69) is 34.2 Å². The molecule has 4 fully saturated rings. The SMILES string of the molecule is CC(C1CC1)N1C[C@H]2CCN(c3ccc(NC(=O)c4ccc(COC5CCC5)cc4)cc3)[C@H]2C1. The Hall–Kier alpha value is -2.37. The van der Waals surface area contributed by atoms with Crippen LogP contribution in [0, 0.1) is 11.8 Å². The third-order valence-electron chi connectivity index (χ3n) is 8.67. The Morgan fingerprint density at radius 3 is 2.44 bits per heavy atom. The zero-order valence-electron chi connectivity index (χ0n) is 20.3. The molecule has 1 N–H and O–H groups in total. The third kappa shape index (κ3) is 4.60. The molecule has 34 heavy (non-hydrogen) atoms. The predicted molar refractivity (Wildman–Crippen MR) is 136 cm³/mol. The summed E-state index contributed by atoms with van der Waals surface area (Å²) in [6.45, 7) is 6.66. The number of hydrogen-bond acceptors (Lipinski definition) is 4. The van der Waals surface area contributed by atoms with Gasteiger partial charge in [0, 0.05) is 48.7 Å². The summed E-state index contributed by atoms with van der Waals surface area (Å²) in [5.74, 6) is 1.66. The minimum Gasteiger partial charge on any atom is -0.374 e. The van der Waals surface area contributed by atoms with Gasteiger partial charge >= 0.3 is 0 Å². The maximum absolute atomic E-state index is 12.7. The van der Waals surface area contributed by atoms with Crippen molar-refractivity contribution in [1.29, 1.82) is 0 Å². The van der Waals surface area contributed by atoms with Crippen LogP contribution in [-0.4, -0.2) is 48.6 Å². The molecule has 5 nitrogen and oxygen atoms in total. The number of nitrogens with one attached hydrogen (secondary N) is 1. The van der Waals surface area contributed by atoms with Crippen molar-refractivity contribution in [3.05, 3.63) is 59.7 Å². The molecule has 6 rings (SSSR count). The normalized spacial score (nSPS) is 25.7. The van der Waals surface area contributed by atoms with Crippen LogP contribution in [0.5, 0.6) is 0 Å². The first-order chi connectivity index (χ1) is 16.6. The monoisotopic (exact) mass is 459 g/mol. The second-order valence-corrected chi connectivity index (χ2v) is 10.9. The molecule has 2 aliphatic heterocycles. The lowest BCUT2D eigenvalue weighted by molar-refractivity contribution is -0.00866. The third-order valence-corrected chi connectivity index (χ3v) is 8.67. The molecule has 180 valence electrons. The molecule has 2 saturated carbocycles. The van der Waals surface area contributed by atoms with Crippen LogP contribution < -0.4 is 10.2 Å². The van der Waals surface area contributed by atoms with Gasteiger partial charge in [0.2, 0.25) is 0 Å². The molecule has 0 aromatic heterocycles. The van der Waals surface area contributed by atoms with Gasteiger partial charge in [-0.1, -0.05) is 12.1 Å². The minimum absolute atomic E-state index is 0.0686. The van der Waals surface area contributed by atoms with Gasteiger partial charge in [-0.15, -0.1) is 0 Å². The van der Waals surface area contributed by atoms with Crippen molar-refractivity contribution in [2.75, 3.05) is 29.9 Å². The van der Waals surface area contributed by atoms with Gasteiger partial charge in [-0.3, -0.25) is 9.69 Å². The molecule has 2 aromatic carbocycles. The molecular weight excluding hydrogens is 422 g/mol. The van der Waals surface area contributed by atoms with Crippen LogP contribution in [0.15, 0.2) is 48.5 Å². The van der Waals surface area contributed by atoms with E-state index in [9.17, 15) is 4.79 Å². The lowest BCUT2D eigenvalue weighted by atomic mass is 9.96. The van der Waals surface area contributed by atoms with E-state index < -0.39 is 0 Å². The maximum atomic E-state index is 12.7. The van der Waals surface area contributed by atoms with Gasteiger partial charge in [0.1, 0.15) is 0 Å². The predicted octanol–water partition coefficient (Wildman–Crippen LogP) is 5.32. The fourth-order valence-electron chi connectivity index (χ4n) is 5.97. The van der Waals surface area contributed by atoms with Gasteiger partial charge in [-0.25, -0.2) is 0 Å². The van der Waals surface area contributed by atoms with Crippen LogP contribution in [0.25, 0.3) is 0 Å². The molecule has 0 radical (unpaired) electrons. The number of hydrogen-bond donors (Lipinski definition) is 1. The Kier molecular flexibility index (Phi) is 6.08. The van der Waals surface area contributed by atoms with Gasteiger partial charge in [-0.2, -0.15) is 0 Å². The van der Waals surface area contributed by atoms with Gasteiger partial charge in [0.25, 0.3) is 5.91 Å². The van der Waals surface area contributed by atoms with Crippen molar-refractivity contribution in [3.63, 3.8) is 0 Å². The van der Waals surface area contributed by atoms with Crippen LogP contribution in [0.3, 0.4) is 0 Å². The molecule has 2 saturated heterocycles. The summed E-state index contributed by atoms with van der Waals surface area (Å²) in [6, 6.07) is 17.6. The first-order valence-electron chi connectivity index (χ1n) is 13.3. The second kappa shape index (κ2) is 9.35. The van der Waals surface area contributed by atoms with Gasteiger partial charge in [-0.05, 0) is 99.2 Å². The molecule has 1 unspecified atom stereocenters. The number of ether oxygens (including phenoxy) is 1. The number of likely N-dealkylation sites (tertiary alicyclic amines) is 1. The summed E-state index contributed by atoms with van der Waals surface area (Å²) < 4.78 is 5.86. The first kappa shape index (κ1) is 22.1. The fraction of sp³-hybridized carbons (Fsp3) is 0.552. The number of carbonyl (C=O) groups is 1. The minimum atomic E-state index is -0.0686. The highest BCUT2D eigenvalue weighted by atomic mass is 16.5. The Morgan fingerprint density at radius 1 is 1.00 bits per heavy atom. The average Bonchev–Trinajstić information content (AvgIpc) is 3.47. The van der Waals surface area contributed by atoms with Crippen LogP contribution in [0.1, 0.15) is 61.4 Å². The van der Waals surface area contributed by atoms with Crippen LogP contribution in [-0.2, 0) is 11.3 Å². The van der Waals surface area contributed by atoms with Crippen LogP contribution in [0.2, 0.25) is 0 Å². The number of nitrogens with zero attached hydrogens (tertiary/aromatic N) is 2. The molecule has 5 heteroatoms. The quantitative estimate of drug-likeness (QED) is 0.581. The Labute approximate surface area is 203 Å². The highest BCUT2D eigenvalue weighted by Gasteiger charge is 2.44. The van der Waals surface area contributed by atoms with E-state index >= 15 is 0 Å². The van der Waals surface area contributed by atoms with Crippen molar-refractivity contribution < 1.29 is 9.53 Å². The number of rotatable bonds is 8. The molecule has 0 spiro atoms. The topological polar surface area (TPSA) is 44.8 Å². The molecule has 2 aromatic rings. The standard InChI is InChI=1S/C29H37N3O2/c1-20(22-9-10-22)31-17-24-15-16-32(28(24)18-31)26-13-11-25(12-14-26)30-29(33)23-7-5-21(6-8-23)19-34-27-3-2-4-27/h5-8,11-14,20,22,24,27-28H,2-4,9-10,15-19H2,1H3,(H,30,33)/t20?,24-,28+/m1/s1. The highest BCUT2D eigenvalue weighted by Crippen LogP contribution is 2.41. The van der Waals surface area contributed by atoms with Crippen LogP contribution >= 0.6 is 0 Å². The van der Waals surface area contributed by atoms with Gasteiger partial charge in [0.05, 0.1) is 12.7 Å². The van der Waals surface area contributed by atoms with E-state index in [1.54, 1.807) is 0 Å². The number of fused-ring (bicyclic) bond motifs is 1. The molecular formula is C29H37N3O2. The fourth-order valence-corrected chi connectivity index (χ4v) is 5.97. The molecule has 2 aliphatic carbocycles. The maximum Gasteiger partial charge on any atom is 0.255 e. The summed E-state index contributed by atoms with van der Waals surface area (Å²) in [5, 5.41) is 3.05. The van der Waals surface area contributed by atoms with E-state index in [1.165, 1.54) is 57.3 Å². The molecule has 2 heterocycles. The largest absolute Gasteiger partial charge is 0.374 e. The summed E-state index contributed by atoms with van der Waals surface area (Å²) >= 11 is 0. The van der Waals surface area contributed by atoms with E-state index in [4.69, 9.17) is 4.74 Å². The second-order valence-electron chi connectivity index (χ2n) is 10.9. The summed E-state index contributed by atoms with van der Waals surface area (Å²) in [6.07, 6.45) is 8.19. The number of anilines is 2. The lowest BCUT2D eigenvalue weighted by Gasteiger charge is -2.29. The Bertz CT molecular complexity index is 997. The van der Waals surface area contributed by atoms with Gasteiger partial charge in [0.15, 0.2) is 0 Å². The van der Waals surface area contributed by atoms with Crippen molar-refractivity contribution in [1.82, 2.24) is 4.90 Å². The van der Waals surface area contributed by atoms with Crippen molar-refractivity contribution in [2.45, 2.75) is 70.2 Å². The smallest absolute Gasteiger partial charge is 0.255 e. The van der Waals surface area contributed by atoms with E-state index in [-0.39, 0.29) is 5.91 Å². The molecule has 4 aliphatic rings. The Morgan fingerprint density at radius 2 is 1.76 bits per heavy atom. The van der Waals surface area contributed by atoms with E-state index in [0.29, 0.717) is 24.3 Å². The summed E-state index contributed by atoms with van der Waals surface area (Å²) in [7, 11) is 0. The summed E-state index contributed by atoms with van der Waals surface area (Å²) in [4.78, 5) is 18.1. The zero-order valence-corrected chi connectivity index (χ0v) is 20.3. The van der Waals surface area contributed by atoms with Crippen molar-refractivity contribution in [2.24, 2.45) is 11.8 Å². The van der Waals surface area contributed by atoms with Crippen molar-refractivity contribution in [3.8, 4) is 0 Å². The summed E-state index contributed by atoms with van der Waals surface area (Å²) in [5.41, 5.74) is 3.92.